The Bertz CT molecular complexity index is 537. The highest BCUT2D eigenvalue weighted by atomic mass is 79.9. The van der Waals surface area contributed by atoms with Crippen molar-refractivity contribution in [1.29, 1.82) is 0 Å². The number of fused-ring (bicyclic) bond motifs is 1. The highest BCUT2D eigenvalue weighted by Gasteiger charge is 2.35. The zero-order valence-corrected chi connectivity index (χ0v) is 12.5. The van der Waals surface area contributed by atoms with Gasteiger partial charge in [-0.15, -0.1) is 0 Å². The van der Waals surface area contributed by atoms with Gasteiger partial charge in [0.2, 0.25) is 0 Å². The Kier molecular flexibility index (Phi) is 4.23. The van der Waals surface area contributed by atoms with Gasteiger partial charge in [0.15, 0.2) is 0 Å². The third-order valence-electron chi connectivity index (χ3n) is 3.42. The van der Waals surface area contributed by atoms with Gasteiger partial charge in [0.25, 0.3) is 11.8 Å². The smallest absolute Gasteiger partial charge is 0.317 e. The minimum Gasteiger partial charge on any atom is -0.480 e. The van der Waals surface area contributed by atoms with Crippen LogP contribution in [0.25, 0.3) is 0 Å². The third-order valence-corrected chi connectivity index (χ3v) is 4.72. The maximum Gasteiger partial charge on any atom is 0.317 e. The number of imide groups is 1. The van der Waals surface area contributed by atoms with Gasteiger partial charge in [0.05, 0.1) is 11.1 Å². The molecule has 1 N–H and O–H groups in total. The van der Waals surface area contributed by atoms with Crippen LogP contribution < -0.4 is 0 Å². The summed E-state index contributed by atoms with van der Waals surface area (Å²) >= 11 is 3.09. The Labute approximate surface area is 124 Å². The number of rotatable bonds is 5. The molecule has 0 aromatic heterocycles. The fourth-order valence-corrected chi connectivity index (χ4v) is 2.43. The Hall–Kier alpha value is -1.69. The van der Waals surface area contributed by atoms with Crippen molar-refractivity contribution < 1.29 is 19.5 Å². The summed E-state index contributed by atoms with van der Waals surface area (Å²) in [4.78, 5) is 35.6. The van der Waals surface area contributed by atoms with Crippen LogP contribution in [0.4, 0.5) is 0 Å². The predicted molar refractivity (Wildman–Crippen MR) is 75.9 cm³/mol. The molecular weight excluding hydrogens is 326 g/mol. The van der Waals surface area contributed by atoms with E-state index in [-0.39, 0.29) is 24.3 Å². The number of amides is 2. The van der Waals surface area contributed by atoms with Gasteiger partial charge < -0.3 is 5.11 Å². The normalized spacial score (nSPS) is 17.0. The molecule has 1 aromatic carbocycles. The molecule has 5 nitrogen and oxygen atoms in total. The van der Waals surface area contributed by atoms with Gasteiger partial charge in [-0.3, -0.25) is 19.3 Å². The SMILES string of the molecule is C[C@H](CCN1C(=O)c2ccccc2C1=O)[C@@H](Br)C(=O)O. The number of aliphatic carboxylic acids is 1. The Morgan fingerprint density at radius 1 is 1.25 bits per heavy atom. The Morgan fingerprint density at radius 2 is 1.75 bits per heavy atom. The van der Waals surface area contributed by atoms with Gasteiger partial charge in [0, 0.05) is 6.54 Å². The summed E-state index contributed by atoms with van der Waals surface area (Å²) < 4.78 is 0. The first kappa shape index (κ1) is 14.7. The second kappa shape index (κ2) is 5.75. The molecule has 0 aliphatic carbocycles. The average Bonchev–Trinajstić information content (AvgIpc) is 2.68. The van der Waals surface area contributed by atoms with Gasteiger partial charge in [-0.2, -0.15) is 0 Å². The number of carbonyl (C=O) groups is 3. The number of carboxylic acid groups (broad SMARTS) is 1. The van der Waals surface area contributed by atoms with Crippen LogP contribution in [0, 0.1) is 5.92 Å². The highest BCUT2D eigenvalue weighted by Crippen LogP contribution is 2.24. The zero-order valence-electron chi connectivity index (χ0n) is 10.9. The first-order chi connectivity index (χ1) is 9.43. The third kappa shape index (κ3) is 2.60. The van der Waals surface area contributed by atoms with Crippen molar-refractivity contribution in [3.8, 4) is 0 Å². The van der Waals surface area contributed by atoms with Gasteiger partial charge in [-0.25, -0.2) is 0 Å². The van der Waals surface area contributed by atoms with Crippen molar-refractivity contribution in [2.75, 3.05) is 6.54 Å². The second-order valence-corrected chi connectivity index (χ2v) is 5.80. The molecule has 0 spiro atoms. The molecule has 0 fully saturated rings. The highest BCUT2D eigenvalue weighted by molar-refractivity contribution is 9.10. The monoisotopic (exact) mass is 339 g/mol. The molecule has 1 aromatic rings. The van der Waals surface area contributed by atoms with Crippen molar-refractivity contribution in [2.24, 2.45) is 5.92 Å². The molecular formula is C14H14BrNO4. The molecule has 0 bridgehead atoms. The van der Waals surface area contributed by atoms with Crippen molar-refractivity contribution in [3.05, 3.63) is 35.4 Å². The quantitative estimate of drug-likeness (QED) is 0.658. The maximum atomic E-state index is 12.1. The molecule has 2 rings (SSSR count). The summed E-state index contributed by atoms with van der Waals surface area (Å²) in [5.41, 5.74) is 0.831. The van der Waals surface area contributed by atoms with E-state index < -0.39 is 10.8 Å². The van der Waals surface area contributed by atoms with E-state index in [0.717, 1.165) is 0 Å². The molecule has 1 heterocycles. The van der Waals surface area contributed by atoms with Crippen LogP contribution in [0.2, 0.25) is 0 Å². The van der Waals surface area contributed by atoms with Crippen molar-refractivity contribution in [1.82, 2.24) is 4.90 Å². The number of alkyl halides is 1. The first-order valence-electron chi connectivity index (χ1n) is 6.25. The topological polar surface area (TPSA) is 74.7 Å². The lowest BCUT2D eigenvalue weighted by Gasteiger charge is -2.18. The van der Waals surface area contributed by atoms with Gasteiger partial charge in [-0.05, 0) is 24.5 Å². The van der Waals surface area contributed by atoms with Gasteiger partial charge in [-0.1, -0.05) is 35.0 Å². The summed E-state index contributed by atoms with van der Waals surface area (Å²) in [5.74, 6) is -1.74. The lowest BCUT2D eigenvalue weighted by molar-refractivity contribution is -0.137. The Morgan fingerprint density at radius 3 is 2.20 bits per heavy atom. The van der Waals surface area contributed by atoms with E-state index >= 15 is 0 Å². The molecule has 6 heteroatoms. The van der Waals surface area contributed by atoms with Crippen molar-refractivity contribution in [3.63, 3.8) is 0 Å². The summed E-state index contributed by atoms with van der Waals surface area (Å²) in [6, 6.07) is 6.69. The molecule has 0 radical (unpaired) electrons. The number of carbonyl (C=O) groups excluding carboxylic acids is 2. The number of benzene rings is 1. The minimum absolute atomic E-state index is 0.184. The molecule has 1 aliphatic heterocycles. The fraction of sp³-hybridized carbons (Fsp3) is 0.357. The first-order valence-corrected chi connectivity index (χ1v) is 7.17. The van der Waals surface area contributed by atoms with Crippen LogP contribution in [-0.2, 0) is 4.79 Å². The summed E-state index contributed by atoms with van der Waals surface area (Å²) in [6.45, 7) is 1.99. The number of hydrogen-bond donors (Lipinski definition) is 1. The second-order valence-electron chi connectivity index (χ2n) is 4.81. The maximum absolute atomic E-state index is 12.1. The van der Waals surface area contributed by atoms with Gasteiger partial charge >= 0.3 is 5.97 Å². The van der Waals surface area contributed by atoms with E-state index in [1.807, 2.05) is 0 Å². The summed E-state index contributed by atoms with van der Waals surface area (Å²) in [7, 11) is 0. The molecule has 1 aliphatic rings. The van der Waals surface area contributed by atoms with Gasteiger partial charge in [0.1, 0.15) is 4.83 Å². The molecule has 0 saturated carbocycles. The molecule has 2 amide bonds. The standard InChI is InChI=1S/C14H14BrNO4/c1-8(11(15)14(19)20)6-7-16-12(17)9-4-2-3-5-10(9)13(16)18/h2-5,8,11H,6-7H2,1H3,(H,19,20)/t8-,11-/m1/s1. The predicted octanol–water partition coefficient (Wildman–Crippen LogP) is 2.16. The molecule has 20 heavy (non-hydrogen) atoms. The van der Waals surface area contributed by atoms with Crippen LogP contribution in [0.15, 0.2) is 24.3 Å². The molecule has 2 atom stereocenters. The lowest BCUT2D eigenvalue weighted by atomic mass is 10.0. The average molecular weight is 340 g/mol. The molecule has 0 unspecified atom stereocenters. The zero-order chi connectivity index (χ0) is 14.9. The summed E-state index contributed by atoms with van der Waals surface area (Å²) in [5, 5.41) is 8.90. The van der Waals surface area contributed by atoms with Crippen LogP contribution in [-0.4, -0.2) is 39.2 Å². The van der Waals surface area contributed by atoms with Crippen molar-refractivity contribution in [2.45, 2.75) is 18.2 Å². The van der Waals surface area contributed by atoms with Crippen LogP contribution >= 0.6 is 15.9 Å². The van der Waals surface area contributed by atoms with Crippen LogP contribution in [0.3, 0.4) is 0 Å². The number of carboxylic acids is 1. The number of nitrogens with zero attached hydrogens (tertiary/aromatic N) is 1. The van der Waals surface area contributed by atoms with E-state index in [2.05, 4.69) is 15.9 Å². The van der Waals surface area contributed by atoms with Crippen molar-refractivity contribution >= 4 is 33.7 Å². The van der Waals surface area contributed by atoms with Crippen LogP contribution in [0.1, 0.15) is 34.1 Å². The van der Waals surface area contributed by atoms with E-state index in [9.17, 15) is 14.4 Å². The number of hydrogen-bond acceptors (Lipinski definition) is 3. The van der Waals surface area contributed by atoms with E-state index in [4.69, 9.17) is 5.11 Å². The fourth-order valence-electron chi connectivity index (χ4n) is 2.16. The van der Waals surface area contributed by atoms with Crippen LogP contribution in [0.5, 0.6) is 0 Å². The summed E-state index contributed by atoms with van der Waals surface area (Å²) in [6.07, 6.45) is 0.438. The number of halogens is 1. The minimum atomic E-state index is -0.945. The van der Waals surface area contributed by atoms with E-state index in [1.54, 1.807) is 31.2 Å². The molecule has 106 valence electrons. The molecule has 0 saturated heterocycles. The largest absolute Gasteiger partial charge is 0.480 e. The lowest BCUT2D eigenvalue weighted by Crippen LogP contribution is -2.33. The van der Waals surface area contributed by atoms with E-state index in [1.165, 1.54) is 4.90 Å². The van der Waals surface area contributed by atoms with E-state index in [0.29, 0.717) is 17.5 Å². The Balaban J connectivity index is 2.04.